The fourth-order valence-electron chi connectivity index (χ4n) is 2.17. The van der Waals surface area contributed by atoms with Crippen LogP contribution in [0.25, 0.3) is 0 Å². The van der Waals surface area contributed by atoms with E-state index in [0.29, 0.717) is 23.0 Å². The van der Waals surface area contributed by atoms with Crippen LogP contribution in [-0.2, 0) is 6.54 Å². The van der Waals surface area contributed by atoms with Gasteiger partial charge in [0.05, 0.1) is 4.47 Å². The van der Waals surface area contributed by atoms with Gasteiger partial charge in [-0.2, -0.15) is 0 Å². The minimum Gasteiger partial charge on any atom is -0.309 e. The molecule has 0 spiro atoms. The van der Waals surface area contributed by atoms with E-state index in [4.69, 9.17) is 0 Å². The highest BCUT2D eigenvalue weighted by molar-refractivity contribution is 9.10. The molecular formula is C15H24BrFN2. The first-order valence-corrected chi connectivity index (χ1v) is 7.50. The Bertz CT molecular complexity index is 384. The van der Waals surface area contributed by atoms with E-state index in [1.54, 1.807) is 6.07 Å². The van der Waals surface area contributed by atoms with Gasteiger partial charge in [-0.1, -0.05) is 26.0 Å². The number of likely N-dealkylation sites (N-methyl/N-ethyl adjacent to an activating group) is 1. The van der Waals surface area contributed by atoms with Crippen LogP contribution in [0.1, 0.15) is 25.8 Å². The Morgan fingerprint density at radius 3 is 2.58 bits per heavy atom. The van der Waals surface area contributed by atoms with Crippen LogP contribution in [0.15, 0.2) is 22.7 Å². The molecule has 0 saturated heterocycles. The average Bonchev–Trinajstić information content (AvgIpc) is 2.29. The molecule has 1 atom stereocenters. The van der Waals surface area contributed by atoms with Crippen molar-refractivity contribution >= 4 is 15.9 Å². The molecule has 108 valence electrons. The second-order valence-corrected chi connectivity index (χ2v) is 6.48. The number of halogens is 2. The molecule has 0 fully saturated rings. The molecule has 1 N–H and O–H groups in total. The molecule has 1 rings (SSSR count). The minimum absolute atomic E-state index is 0.202. The minimum atomic E-state index is -0.202. The SMILES string of the molecule is CC(C)CC(CN(C)C)NCc1cccc(F)c1Br. The molecule has 1 aromatic rings. The van der Waals surface area contributed by atoms with E-state index in [1.165, 1.54) is 6.07 Å². The molecule has 0 bridgehead atoms. The Morgan fingerprint density at radius 1 is 1.32 bits per heavy atom. The molecule has 0 aromatic heterocycles. The van der Waals surface area contributed by atoms with Crippen molar-refractivity contribution in [3.63, 3.8) is 0 Å². The lowest BCUT2D eigenvalue weighted by Gasteiger charge is -2.24. The van der Waals surface area contributed by atoms with Crippen molar-refractivity contribution in [2.75, 3.05) is 20.6 Å². The Morgan fingerprint density at radius 2 is 2.00 bits per heavy atom. The summed E-state index contributed by atoms with van der Waals surface area (Å²) in [6, 6.07) is 5.59. The number of benzene rings is 1. The van der Waals surface area contributed by atoms with E-state index in [0.717, 1.165) is 18.5 Å². The van der Waals surface area contributed by atoms with Gasteiger partial charge >= 0.3 is 0 Å². The monoisotopic (exact) mass is 330 g/mol. The van der Waals surface area contributed by atoms with Gasteiger partial charge in [-0.05, 0) is 54.0 Å². The van der Waals surface area contributed by atoms with Gasteiger partial charge in [0.25, 0.3) is 0 Å². The highest BCUT2D eigenvalue weighted by Gasteiger charge is 2.13. The summed E-state index contributed by atoms with van der Waals surface area (Å²) in [7, 11) is 4.15. The van der Waals surface area contributed by atoms with Gasteiger partial charge in [0, 0.05) is 19.1 Å². The molecule has 0 aliphatic heterocycles. The maximum Gasteiger partial charge on any atom is 0.137 e. The first-order chi connectivity index (χ1) is 8.90. The second-order valence-electron chi connectivity index (χ2n) is 5.68. The standard InChI is InChI=1S/C15H24BrFN2/c1-11(2)8-13(10-19(3)4)18-9-12-6-5-7-14(17)15(12)16/h5-7,11,13,18H,8-10H2,1-4H3. The van der Waals surface area contributed by atoms with Crippen molar-refractivity contribution in [2.24, 2.45) is 5.92 Å². The van der Waals surface area contributed by atoms with Gasteiger partial charge in [-0.25, -0.2) is 4.39 Å². The molecule has 0 radical (unpaired) electrons. The van der Waals surface area contributed by atoms with E-state index in [1.807, 2.05) is 6.07 Å². The van der Waals surface area contributed by atoms with E-state index >= 15 is 0 Å². The Kier molecular flexibility index (Phi) is 6.97. The number of hydrogen-bond donors (Lipinski definition) is 1. The van der Waals surface area contributed by atoms with Gasteiger partial charge in [0.1, 0.15) is 5.82 Å². The van der Waals surface area contributed by atoms with Crippen molar-refractivity contribution in [1.82, 2.24) is 10.2 Å². The summed E-state index contributed by atoms with van der Waals surface area (Å²) in [5, 5.41) is 3.53. The van der Waals surface area contributed by atoms with Crippen molar-refractivity contribution in [3.8, 4) is 0 Å². The van der Waals surface area contributed by atoms with Gasteiger partial charge in [-0.15, -0.1) is 0 Å². The first-order valence-electron chi connectivity index (χ1n) is 6.71. The quantitative estimate of drug-likeness (QED) is 0.820. The molecule has 1 aromatic carbocycles. The highest BCUT2D eigenvalue weighted by atomic mass is 79.9. The average molecular weight is 331 g/mol. The maximum atomic E-state index is 13.4. The second kappa shape index (κ2) is 7.98. The first kappa shape index (κ1) is 16.6. The van der Waals surface area contributed by atoms with Gasteiger partial charge in [0.15, 0.2) is 0 Å². The van der Waals surface area contributed by atoms with Gasteiger partial charge in [-0.3, -0.25) is 0 Å². The summed E-state index contributed by atoms with van der Waals surface area (Å²) in [5.41, 5.74) is 0.965. The predicted molar refractivity (Wildman–Crippen MR) is 82.7 cm³/mol. The lowest BCUT2D eigenvalue weighted by Crippen LogP contribution is -2.38. The lowest BCUT2D eigenvalue weighted by atomic mass is 10.0. The zero-order chi connectivity index (χ0) is 14.4. The Labute approximate surface area is 124 Å². The van der Waals surface area contributed by atoms with Crippen LogP contribution in [0.4, 0.5) is 4.39 Å². The topological polar surface area (TPSA) is 15.3 Å². The normalized spacial score (nSPS) is 13.3. The van der Waals surface area contributed by atoms with Gasteiger partial charge in [0.2, 0.25) is 0 Å². The third-order valence-corrected chi connectivity index (χ3v) is 3.84. The smallest absolute Gasteiger partial charge is 0.137 e. The number of rotatable bonds is 7. The summed E-state index contributed by atoms with van der Waals surface area (Å²) >= 11 is 3.31. The highest BCUT2D eigenvalue weighted by Crippen LogP contribution is 2.20. The Hall–Kier alpha value is -0.450. The summed E-state index contributed by atoms with van der Waals surface area (Å²) in [6.45, 7) is 6.12. The third-order valence-electron chi connectivity index (χ3n) is 2.95. The summed E-state index contributed by atoms with van der Waals surface area (Å²) in [4.78, 5) is 2.18. The Balaban J connectivity index is 2.62. The van der Waals surface area contributed by atoms with Crippen molar-refractivity contribution < 1.29 is 4.39 Å². The summed E-state index contributed by atoms with van der Waals surface area (Å²) < 4.78 is 14.0. The number of nitrogens with one attached hydrogen (secondary N) is 1. The molecular weight excluding hydrogens is 307 g/mol. The zero-order valence-corrected chi connectivity index (χ0v) is 13.8. The largest absolute Gasteiger partial charge is 0.309 e. The number of hydrogen-bond acceptors (Lipinski definition) is 2. The molecule has 0 heterocycles. The van der Waals surface area contributed by atoms with Crippen LogP contribution < -0.4 is 5.32 Å². The maximum absolute atomic E-state index is 13.4. The molecule has 19 heavy (non-hydrogen) atoms. The van der Waals surface area contributed by atoms with Crippen LogP contribution in [0, 0.1) is 11.7 Å². The van der Waals surface area contributed by atoms with Crippen molar-refractivity contribution in [1.29, 1.82) is 0 Å². The predicted octanol–water partition coefficient (Wildman–Crippen LogP) is 3.65. The zero-order valence-electron chi connectivity index (χ0n) is 12.2. The van der Waals surface area contributed by atoms with Crippen molar-refractivity contribution in [2.45, 2.75) is 32.9 Å². The van der Waals surface area contributed by atoms with Crippen LogP contribution in [0.3, 0.4) is 0 Å². The molecule has 1 unspecified atom stereocenters. The molecule has 2 nitrogen and oxygen atoms in total. The van der Waals surface area contributed by atoms with Crippen molar-refractivity contribution in [3.05, 3.63) is 34.1 Å². The molecule has 0 aliphatic rings. The molecule has 0 aliphatic carbocycles. The molecule has 0 amide bonds. The van der Waals surface area contributed by atoms with Crippen LogP contribution >= 0.6 is 15.9 Å². The third kappa shape index (κ3) is 6.02. The van der Waals surface area contributed by atoms with E-state index < -0.39 is 0 Å². The number of nitrogens with zero attached hydrogens (tertiary/aromatic N) is 1. The fraction of sp³-hybridized carbons (Fsp3) is 0.600. The van der Waals surface area contributed by atoms with E-state index in [2.05, 4.69) is 54.1 Å². The van der Waals surface area contributed by atoms with E-state index in [-0.39, 0.29) is 5.82 Å². The van der Waals surface area contributed by atoms with Gasteiger partial charge < -0.3 is 10.2 Å². The fourth-order valence-corrected chi connectivity index (χ4v) is 2.58. The molecule has 0 saturated carbocycles. The van der Waals surface area contributed by atoms with Crippen LogP contribution in [-0.4, -0.2) is 31.6 Å². The summed E-state index contributed by atoms with van der Waals surface area (Å²) in [6.07, 6.45) is 1.12. The summed E-state index contributed by atoms with van der Waals surface area (Å²) in [5.74, 6) is 0.445. The van der Waals surface area contributed by atoms with E-state index in [9.17, 15) is 4.39 Å². The lowest BCUT2D eigenvalue weighted by molar-refractivity contribution is 0.305. The van der Waals surface area contributed by atoms with Crippen LogP contribution in [0.5, 0.6) is 0 Å². The van der Waals surface area contributed by atoms with Crippen LogP contribution in [0.2, 0.25) is 0 Å². The molecule has 4 heteroatoms.